The summed E-state index contributed by atoms with van der Waals surface area (Å²) in [5.74, 6) is 0.915. The van der Waals surface area contributed by atoms with Gasteiger partial charge in [-0.05, 0) is 75.1 Å². The molecule has 1 atom stereocenters. The number of carbonyl (C=O) groups is 1. The van der Waals surface area contributed by atoms with Gasteiger partial charge in [0.05, 0.1) is 6.10 Å². The molecule has 4 heteroatoms. The fourth-order valence-corrected chi connectivity index (χ4v) is 4.86. The Labute approximate surface area is 157 Å². The summed E-state index contributed by atoms with van der Waals surface area (Å²) < 4.78 is 5.56. The summed E-state index contributed by atoms with van der Waals surface area (Å²) in [5.41, 5.74) is 3.09. The molecule has 1 aromatic rings. The molecule has 2 fully saturated rings. The van der Waals surface area contributed by atoms with E-state index >= 15 is 0 Å². The first-order valence-corrected chi connectivity index (χ1v) is 10.5. The van der Waals surface area contributed by atoms with Crippen LogP contribution in [0.1, 0.15) is 49.7 Å². The first-order chi connectivity index (χ1) is 12.8. The monoisotopic (exact) mass is 356 g/mol. The number of hydrogen-bond acceptors (Lipinski definition) is 3. The van der Waals surface area contributed by atoms with Gasteiger partial charge < -0.3 is 10.1 Å². The molecular formula is C22H32N2O2. The van der Waals surface area contributed by atoms with Crippen LogP contribution in [0.25, 0.3) is 0 Å². The maximum absolute atomic E-state index is 12.1. The second kappa shape index (κ2) is 8.53. The summed E-state index contributed by atoms with van der Waals surface area (Å²) in [4.78, 5) is 14.8. The Kier molecular flexibility index (Phi) is 5.91. The van der Waals surface area contributed by atoms with E-state index in [-0.39, 0.29) is 12.0 Å². The van der Waals surface area contributed by atoms with Crippen molar-refractivity contribution in [3.8, 4) is 0 Å². The zero-order valence-corrected chi connectivity index (χ0v) is 15.8. The van der Waals surface area contributed by atoms with Crippen molar-refractivity contribution >= 4 is 5.91 Å². The van der Waals surface area contributed by atoms with Gasteiger partial charge in [-0.2, -0.15) is 0 Å². The van der Waals surface area contributed by atoms with Gasteiger partial charge in [-0.1, -0.05) is 24.3 Å². The highest BCUT2D eigenvalue weighted by Gasteiger charge is 2.29. The van der Waals surface area contributed by atoms with E-state index in [2.05, 4.69) is 34.5 Å². The number of nitrogens with one attached hydrogen (secondary N) is 1. The highest BCUT2D eigenvalue weighted by molar-refractivity contribution is 5.75. The van der Waals surface area contributed by atoms with Gasteiger partial charge in [-0.25, -0.2) is 0 Å². The first kappa shape index (κ1) is 18.0. The molecule has 4 nitrogen and oxygen atoms in total. The van der Waals surface area contributed by atoms with Gasteiger partial charge in [0.25, 0.3) is 0 Å². The Morgan fingerprint density at radius 1 is 1.12 bits per heavy atom. The summed E-state index contributed by atoms with van der Waals surface area (Å²) in [6, 6.07) is 9.60. The normalized spacial score (nSPS) is 24.7. The average molecular weight is 357 g/mol. The van der Waals surface area contributed by atoms with Crippen LogP contribution in [0, 0.1) is 5.92 Å². The molecular weight excluding hydrogens is 324 g/mol. The van der Waals surface area contributed by atoms with Crippen LogP contribution in [0.5, 0.6) is 0 Å². The van der Waals surface area contributed by atoms with Crippen LogP contribution in [0.15, 0.2) is 24.3 Å². The number of hydrogen-bond donors (Lipinski definition) is 1. The van der Waals surface area contributed by atoms with Crippen molar-refractivity contribution in [2.75, 3.05) is 26.2 Å². The number of likely N-dealkylation sites (tertiary alicyclic amines) is 1. The summed E-state index contributed by atoms with van der Waals surface area (Å²) in [6.07, 6.45) is 9.09. The molecule has 0 spiro atoms. The lowest BCUT2D eigenvalue weighted by Crippen LogP contribution is -2.42. The number of ether oxygens (including phenoxy) is 1. The van der Waals surface area contributed by atoms with Crippen LogP contribution in [-0.2, 0) is 22.4 Å². The van der Waals surface area contributed by atoms with Gasteiger partial charge >= 0.3 is 0 Å². The second-order valence-corrected chi connectivity index (χ2v) is 8.29. The minimum absolute atomic E-state index is 0.203. The zero-order valence-electron chi connectivity index (χ0n) is 15.8. The molecule has 0 saturated carbocycles. The van der Waals surface area contributed by atoms with Gasteiger partial charge in [0, 0.05) is 25.6 Å². The largest absolute Gasteiger partial charge is 0.376 e. The van der Waals surface area contributed by atoms with Crippen LogP contribution >= 0.6 is 0 Å². The van der Waals surface area contributed by atoms with Crippen molar-refractivity contribution in [1.82, 2.24) is 10.2 Å². The minimum atomic E-state index is 0.203. The highest BCUT2D eigenvalue weighted by Crippen LogP contribution is 2.29. The molecule has 1 aliphatic carbocycles. The molecule has 0 bridgehead atoms. The SMILES string of the molecule is O=C(CCC1CCN(C2Cc3ccccc3C2)CC1)NC[C@@H]1CCCO1. The molecule has 26 heavy (non-hydrogen) atoms. The molecule has 1 amide bonds. The molecule has 3 aliphatic rings. The van der Waals surface area contributed by atoms with Gasteiger partial charge in [0.15, 0.2) is 0 Å². The number of benzene rings is 1. The van der Waals surface area contributed by atoms with E-state index in [1.807, 2.05) is 0 Å². The van der Waals surface area contributed by atoms with E-state index in [0.29, 0.717) is 24.9 Å². The van der Waals surface area contributed by atoms with Crippen molar-refractivity contribution in [2.24, 2.45) is 5.92 Å². The van der Waals surface area contributed by atoms with Crippen LogP contribution < -0.4 is 5.32 Å². The lowest BCUT2D eigenvalue weighted by Gasteiger charge is -2.36. The standard InChI is InChI=1S/C22H32N2O2/c25-22(23-16-21-6-3-13-26-21)8-7-17-9-11-24(12-10-17)20-14-18-4-1-2-5-19(18)15-20/h1-2,4-5,17,20-21H,3,6-16H2,(H,23,25)/t21-/m0/s1. The topological polar surface area (TPSA) is 41.6 Å². The highest BCUT2D eigenvalue weighted by atomic mass is 16.5. The summed E-state index contributed by atoms with van der Waals surface area (Å²) in [7, 11) is 0. The van der Waals surface area contributed by atoms with Crippen LogP contribution in [0.2, 0.25) is 0 Å². The predicted octanol–water partition coefficient (Wildman–Crippen LogP) is 2.94. The summed E-state index contributed by atoms with van der Waals surface area (Å²) in [5, 5.41) is 3.05. The maximum atomic E-state index is 12.1. The van der Waals surface area contributed by atoms with Crippen LogP contribution in [0.4, 0.5) is 0 Å². The lowest BCUT2D eigenvalue weighted by molar-refractivity contribution is -0.122. The number of nitrogens with zero attached hydrogens (tertiary/aromatic N) is 1. The Hall–Kier alpha value is -1.39. The summed E-state index contributed by atoms with van der Waals surface area (Å²) in [6.45, 7) is 3.94. The van der Waals surface area contributed by atoms with Gasteiger partial charge in [0.2, 0.25) is 5.91 Å². The molecule has 142 valence electrons. The second-order valence-electron chi connectivity index (χ2n) is 8.29. The van der Waals surface area contributed by atoms with Crippen molar-refractivity contribution in [3.63, 3.8) is 0 Å². The first-order valence-electron chi connectivity index (χ1n) is 10.5. The van der Waals surface area contributed by atoms with Crippen molar-refractivity contribution in [2.45, 2.75) is 63.5 Å². The van der Waals surface area contributed by atoms with Crippen LogP contribution in [0.3, 0.4) is 0 Å². The van der Waals surface area contributed by atoms with Gasteiger partial charge in [-0.15, -0.1) is 0 Å². The Bertz CT molecular complexity index is 579. The minimum Gasteiger partial charge on any atom is -0.376 e. The number of rotatable bonds is 6. The molecule has 1 aromatic carbocycles. The molecule has 0 unspecified atom stereocenters. The average Bonchev–Trinajstić information content (AvgIpc) is 3.34. The molecule has 2 heterocycles. The number of carbonyl (C=O) groups excluding carboxylic acids is 1. The van der Waals surface area contributed by atoms with E-state index in [1.165, 1.54) is 38.8 Å². The van der Waals surface area contributed by atoms with E-state index in [9.17, 15) is 4.79 Å². The molecule has 2 aliphatic heterocycles. The third kappa shape index (κ3) is 4.47. The van der Waals surface area contributed by atoms with Crippen molar-refractivity contribution in [3.05, 3.63) is 35.4 Å². The Morgan fingerprint density at radius 2 is 1.85 bits per heavy atom. The van der Waals surface area contributed by atoms with E-state index in [4.69, 9.17) is 4.74 Å². The predicted molar refractivity (Wildman–Crippen MR) is 103 cm³/mol. The fourth-order valence-electron chi connectivity index (χ4n) is 4.86. The molecule has 2 saturated heterocycles. The van der Waals surface area contributed by atoms with E-state index in [1.54, 1.807) is 11.1 Å². The lowest BCUT2D eigenvalue weighted by atomic mass is 9.91. The van der Waals surface area contributed by atoms with Gasteiger partial charge in [0.1, 0.15) is 0 Å². The maximum Gasteiger partial charge on any atom is 0.220 e. The van der Waals surface area contributed by atoms with E-state index < -0.39 is 0 Å². The molecule has 4 rings (SSSR count). The fraction of sp³-hybridized carbons (Fsp3) is 0.682. The zero-order chi connectivity index (χ0) is 17.8. The van der Waals surface area contributed by atoms with Crippen LogP contribution in [-0.4, -0.2) is 49.2 Å². The third-order valence-corrected chi connectivity index (χ3v) is 6.53. The quantitative estimate of drug-likeness (QED) is 0.852. The van der Waals surface area contributed by atoms with Crippen molar-refractivity contribution < 1.29 is 9.53 Å². The number of amides is 1. The Morgan fingerprint density at radius 3 is 2.50 bits per heavy atom. The van der Waals surface area contributed by atoms with Crippen molar-refractivity contribution in [1.29, 1.82) is 0 Å². The summed E-state index contributed by atoms with van der Waals surface area (Å²) >= 11 is 0. The molecule has 0 aromatic heterocycles. The van der Waals surface area contributed by atoms with Gasteiger partial charge in [-0.3, -0.25) is 9.69 Å². The van der Waals surface area contributed by atoms with E-state index in [0.717, 1.165) is 25.9 Å². The number of fused-ring (bicyclic) bond motifs is 1. The molecule has 0 radical (unpaired) electrons. The molecule has 1 N–H and O–H groups in total. The third-order valence-electron chi connectivity index (χ3n) is 6.53. The Balaban J connectivity index is 1.14. The smallest absolute Gasteiger partial charge is 0.220 e. The number of piperidine rings is 1.